The highest BCUT2D eigenvalue weighted by molar-refractivity contribution is 6.40. The predicted molar refractivity (Wildman–Crippen MR) is 231 cm³/mol. The number of amides is 1. The van der Waals surface area contributed by atoms with Crippen LogP contribution in [0.4, 0.5) is 4.79 Å². The normalized spacial score (nSPS) is 32.3. The van der Waals surface area contributed by atoms with Crippen LogP contribution in [0.1, 0.15) is 123 Å². The van der Waals surface area contributed by atoms with Gasteiger partial charge in [-0.05, 0) is 51.8 Å². The molecule has 12 atom stereocenters. The average Bonchev–Trinajstić information content (AvgIpc) is 3.23. The van der Waals surface area contributed by atoms with Gasteiger partial charge in [0.25, 0.3) is 0 Å². The molecule has 2 aromatic rings. The summed E-state index contributed by atoms with van der Waals surface area (Å²) in [4.78, 5) is 99.2. The number of ketones is 2. The molecule has 4 fully saturated rings. The van der Waals surface area contributed by atoms with Crippen LogP contribution in [-0.2, 0) is 52.4 Å². The minimum Gasteiger partial charge on any atom is -0.459 e. The monoisotopic (exact) mass is 905 g/mol. The van der Waals surface area contributed by atoms with Crippen molar-refractivity contribution in [2.75, 3.05) is 6.61 Å². The zero-order valence-corrected chi connectivity index (χ0v) is 38.6. The molecule has 6 rings (SSSR count). The number of rotatable bonds is 13. The summed E-state index contributed by atoms with van der Waals surface area (Å²) in [5.41, 5.74) is -8.47. The fourth-order valence-corrected chi connectivity index (χ4v) is 10.7. The van der Waals surface area contributed by atoms with Gasteiger partial charge in [-0.25, -0.2) is 14.4 Å². The van der Waals surface area contributed by atoms with Crippen LogP contribution in [0.3, 0.4) is 0 Å². The highest BCUT2D eigenvalue weighted by atomic mass is 16.6. The van der Waals surface area contributed by atoms with E-state index < -0.39 is 130 Å². The van der Waals surface area contributed by atoms with E-state index in [1.807, 2.05) is 6.92 Å². The van der Waals surface area contributed by atoms with E-state index in [9.17, 15) is 34.2 Å². The van der Waals surface area contributed by atoms with E-state index in [-0.39, 0.29) is 25.0 Å². The van der Waals surface area contributed by atoms with Crippen molar-refractivity contribution in [3.05, 3.63) is 71.8 Å². The second-order valence-corrected chi connectivity index (χ2v) is 19.8. The maximum Gasteiger partial charge on any atom is 0.408 e. The molecule has 3 unspecified atom stereocenters. The first-order valence-corrected chi connectivity index (χ1v) is 22.4. The molecule has 1 aliphatic heterocycles. The minimum absolute atomic E-state index is 0.0622. The first-order valence-electron chi connectivity index (χ1n) is 22.4. The smallest absolute Gasteiger partial charge is 0.408 e. The maximum atomic E-state index is 15.1. The van der Waals surface area contributed by atoms with Gasteiger partial charge in [0, 0.05) is 43.4 Å². The fraction of sp³-hybridized carbons (Fsp3) is 0.612. The SMILES string of the molecule is CCCCCC(=O)O[C@@H](C(=O)O[C@H]1C[C@@]2(O)[C@@H](OC(=O)c3ccccc3)C3[C@](C)(C(=O)C(=O)C(C1C)C2(C)C)[C@@H](O)C[C@H]1OC[C@@]31OC(C)=O)[C@@H](NC(=O)OC(C)(C)C)c1ccccc1. The van der Waals surface area contributed by atoms with Crippen LogP contribution in [0.5, 0.6) is 0 Å². The van der Waals surface area contributed by atoms with Crippen LogP contribution < -0.4 is 5.32 Å². The molecule has 65 heavy (non-hydrogen) atoms. The van der Waals surface area contributed by atoms with E-state index >= 15 is 9.59 Å². The van der Waals surface area contributed by atoms with Crippen LogP contribution in [0, 0.1) is 28.6 Å². The zero-order valence-electron chi connectivity index (χ0n) is 38.6. The highest BCUT2D eigenvalue weighted by Crippen LogP contribution is 2.64. The van der Waals surface area contributed by atoms with E-state index in [2.05, 4.69) is 5.32 Å². The van der Waals surface area contributed by atoms with E-state index in [0.29, 0.717) is 18.4 Å². The summed E-state index contributed by atoms with van der Waals surface area (Å²) in [6.45, 7) is 13.8. The van der Waals surface area contributed by atoms with Crippen molar-refractivity contribution in [2.45, 2.75) is 154 Å². The number of alkyl carbamates (subject to hydrolysis) is 1. The molecule has 0 aromatic heterocycles. The predicted octanol–water partition coefficient (Wildman–Crippen LogP) is 5.53. The Kier molecular flexibility index (Phi) is 14.1. The topological polar surface area (TPSA) is 227 Å². The second kappa shape index (κ2) is 18.6. The number of carbonyl (C=O) groups excluding carboxylic acids is 7. The van der Waals surface area contributed by atoms with Crippen molar-refractivity contribution in [1.29, 1.82) is 0 Å². The molecule has 16 heteroatoms. The van der Waals surface area contributed by atoms with Crippen LogP contribution in [0.15, 0.2) is 60.7 Å². The summed E-state index contributed by atoms with van der Waals surface area (Å²) in [7, 11) is 0. The van der Waals surface area contributed by atoms with Gasteiger partial charge in [-0.3, -0.25) is 19.2 Å². The number of hydrogen-bond donors (Lipinski definition) is 3. The number of unbranched alkanes of at least 4 members (excludes halogenated alkanes) is 2. The van der Waals surface area contributed by atoms with Crippen molar-refractivity contribution in [3.63, 3.8) is 0 Å². The van der Waals surface area contributed by atoms with Crippen molar-refractivity contribution in [2.24, 2.45) is 28.6 Å². The lowest BCUT2D eigenvalue weighted by molar-refractivity contribution is -0.350. The van der Waals surface area contributed by atoms with Gasteiger partial charge in [-0.15, -0.1) is 0 Å². The largest absolute Gasteiger partial charge is 0.459 e. The van der Waals surface area contributed by atoms with Crippen LogP contribution in [0.2, 0.25) is 0 Å². The first kappa shape index (κ1) is 49.2. The number of aliphatic hydroxyl groups excluding tert-OH is 1. The second-order valence-electron chi connectivity index (χ2n) is 19.8. The Labute approximate surface area is 379 Å². The zero-order chi connectivity index (χ0) is 47.9. The Bertz CT molecular complexity index is 2140. The number of ether oxygens (including phenoxy) is 6. The van der Waals surface area contributed by atoms with Gasteiger partial charge >= 0.3 is 30.0 Å². The molecular formula is C49H63NO15. The molecule has 354 valence electrons. The van der Waals surface area contributed by atoms with Gasteiger partial charge in [-0.2, -0.15) is 0 Å². The Balaban J connectivity index is 1.50. The molecule has 1 amide bonds. The van der Waals surface area contributed by atoms with Gasteiger partial charge in [-0.1, -0.05) is 89.1 Å². The van der Waals surface area contributed by atoms with E-state index in [4.69, 9.17) is 28.4 Å². The van der Waals surface area contributed by atoms with Crippen molar-refractivity contribution >= 4 is 41.5 Å². The molecule has 4 aliphatic rings. The molecule has 0 radical (unpaired) electrons. The van der Waals surface area contributed by atoms with Gasteiger partial charge in [0.15, 0.2) is 5.60 Å². The number of nitrogens with one attached hydrogen (secondary N) is 1. The van der Waals surface area contributed by atoms with Crippen LogP contribution in [0.25, 0.3) is 0 Å². The third-order valence-electron chi connectivity index (χ3n) is 14.1. The quantitative estimate of drug-likeness (QED) is 0.0971. The number of esters is 4. The number of Topliss-reactive ketones (excluding diaryl/α,β-unsaturated/α-hetero) is 2. The van der Waals surface area contributed by atoms with Gasteiger partial charge < -0.3 is 44.0 Å². The molecule has 16 nitrogen and oxygen atoms in total. The van der Waals surface area contributed by atoms with E-state index in [1.165, 1.54) is 19.1 Å². The van der Waals surface area contributed by atoms with Crippen LogP contribution in [-0.4, -0.2) is 106 Å². The molecule has 2 bridgehead atoms. The molecular weight excluding hydrogens is 843 g/mol. The summed E-state index contributed by atoms with van der Waals surface area (Å²) in [6.07, 6.45) is -7.55. The van der Waals surface area contributed by atoms with Crippen molar-refractivity contribution in [3.8, 4) is 0 Å². The van der Waals surface area contributed by atoms with Crippen molar-refractivity contribution < 1.29 is 72.2 Å². The summed E-state index contributed by atoms with van der Waals surface area (Å²) in [5, 5.41) is 28.3. The Morgan fingerprint density at radius 3 is 2.14 bits per heavy atom. The number of hydrogen-bond acceptors (Lipinski definition) is 15. The maximum absolute atomic E-state index is 15.1. The molecule has 3 N–H and O–H groups in total. The van der Waals surface area contributed by atoms with Gasteiger partial charge in [0.05, 0.1) is 29.6 Å². The number of fused-ring (bicyclic) bond motifs is 5. The van der Waals surface area contributed by atoms with Crippen LogP contribution >= 0.6 is 0 Å². The molecule has 1 heterocycles. The van der Waals surface area contributed by atoms with Crippen molar-refractivity contribution in [1.82, 2.24) is 5.32 Å². The Morgan fingerprint density at radius 2 is 1.57 bits per heavy atom. The summed E-state index contributed by atoms with van der Waals surface area (Å²) >= 11 is 0. The lowest BCUT2D eigenvalue weighted by Crippen LogP contribution is -2.82. The fourth-order valence-electron chi connectivity index (χ4n) is 10.7. The summed E-state index contributed by atoms with van der Waals surface area (Å²) in [6, 6.07) is 14.7. The third kappa shape index (κ3) is 9.18. The standard InChI is InChI=1S/C49H63NO15/c1-10-11-14-23-34(53)62-38(36(29-19-15-12-16-20-29)50-44(58)65-45(4,5)6)43(57)61-31-25-49(59)41(63-42(56)30-21-17-13-18-22-30)39-47(9,40(55)37(54)35(27(31)2)46(49,7)8)32(52)24-33-48(39,26-60-33)64-28(3)51/h12-13,15-22,27,31-33,35-36,38-39,41,52,59H,10-11,14,23-26H2,1-9H3,(H,50,58)/t27?,31-,32-,33+,35?,36-,38+,39?,41-,47+,48-,49+/m0/s1. The van der Waals surface area contributed by atoms with E-state index in [0.717, 1.165) is 13.3 Å². The first-order chi connectivity index (χ1) is 30.4. The number of aliphatic hydroxyl groups is 2. The highest BCUT2D eigenvalue weighted by Gasteiger charge is 2.79. The van der Waals surface area contributed by atoms with Gasteiger partial charge in [0.2, 0.25) is 17.7 Å². The molecule has 3 saturated carbocycles. The molecule has 2 aromatic carbocycles. The third-order valence-corrected chi connectivity index (χ3v) is 14.1. The lowest BCUT2D eigenvalue weighted by Gasteiger charge is -2.67. The number of carbonyl (C=O) groups is 7. The molecule has 0 spiro atoms. The number of benzene rings is 2. The molecule has 1 saturated heterocycles. The Hall–Kier alpha value is -5.19. The summed E-state index contributed by atoms with van der Waals surface area (Å²) < 4.78 is 36.0. The lowest BCUT2D eigenvalue weighted by atomic mass is 9.42. The van der Waals surface area contributed by atoms with Gasteiger partial charge in [0.1, 0.15) is 35.6 Å². The Morgan fingerprint density at radius 1 is 0.938 bits per heavy atom. The minimum atomic E-state index is -2.40. The average molecular weight is 906 g/mol. The molecule has 3 aliphatic carbocycles. The van der Waals surface area contributed by atoms with E-state index in [1.54, 1.807) is 90.1 Å². The summed E-state index contributed by atoms with van der Waals surface area (Å²) in [5.74, 6) is -9.75.